The maximum absolute atomic E-state index is 11.8. The van der Waals surface area contributed by atoms with Gasteiger partial charge in [-0.1, -0.05) is 27.2 Å². The first-order valence-corrected chi connectivity index (χ1v) is 10.2. The van der Waals surface area contributed by atoms with Crippen LogP contribution in [-0.4, -0.2) is 36.4 Å². The maximum Gasteiger partial charge on any atom is 0.328 e. The lowest BCUT2D eigenvalue weighted by Gasteiger charge is -2.20. The first kappa shape index (κ1) is 20.8. The van der Waals surface area contributed by atoms with E-state index >= 15 is 0 Å². The molecule has 3 rings (SSSR count). The molecule has 3 aromatic heterocycles. The number of esters is 1. The predicted octanol–water partition coefficient (Wildman–Crippen LogP) is 4.01. The molecule has 0 aliphatic rings. The van der Waals surface area contributed by atoms with Crippen molar-refractivity contribution in [1.29, 1.82) is 0 Å². The number of anilines is 2. The van der Waals surface area contributed by atoms with Gasteiger partial charge >= 0.3 is 5.97 Å². The number of hydrogen-bond acceptors (Lipinski definition) is 6. The van der Waals surface area contributed by atoms with Gasteiger partial charge in [0.2, 0.25) is 5.95 Å². The maximum atomic E-state index is 11.8. The van der Waals surface area contributed by atoms with Crippen LogP contribution in [0.3, 0.4) is 0 Å². The number of fused-ring (bicyclic) bond motifs is 1. The second-order valence-corrected chi connectivity index (χ2v) is 7.94. The zero-order valence-corrected chi connectivity index (χ0v) is 17.8. The molecule has 1 atom stereocenters. The summed E-state index contributed by atoms with van der Waals surface area (Å²) >= 11 is 0. The third-order valence-electron chi connectivity index (χ3n) is 4.95. The molecule has 0 spiro atoms. The minimum Gasteiger partial charge on any atom is -0.462 e. The highest BCUT2D eigenvalue weighted by Crippen LogP contribution is 2.22. The van der Waals surface area contributed by atoms with E-state index in [4.69, 9.17) is 9.72 Å². The number of rotatable bonds is 9. The van der Waals surface area contributed by atoms with Gasteiger partial charge in [-0.05, 0) is 31.7 Å². The average Bonchev–Trinajstić information content (AvgIpc) is 3.25. The van der Waals surface area contributed by atoms with Crippen LogP contribution >= 0.6 is 0 Å². The van der Waals surface area contributed by atoms with Gasteiger partial charge < -0.3 is 14.6 Å². The number of nitrogens with one attached hydrogen (secondary N) is 1. The molecule has 0 fully saturated rings. The van der Waals surface area contributed by atoms with Crippen LogP contribution in [-0.2, 0) is 22.6 Å². The molecule has 0 aromatic carbocycles. The van der Waals surface area contributed by atoms with Crippen LogP contribution in [0.2, 0.25) is 0 Å². The Hall–Kier alpha value is -2.90. The number of aromatic nitrogens is 5. The predicted molar refractivity (Wildman–Crippen MR) is 113 cm³/mol. The van der Waals surface area contributed by atoms with Crippen LogP contribution < -0.4 is 5.32 Å². The van der Waals surface area contributed by atoms with Crippen molar-refractivity contribution in [3.63, 3.8) is 0 Å². The fraction of sp³-hybridized carbons (Fsp3) is 0.524. The SMILES string of the molecule is CC[C@H](Cn1ccc2cnc(Nc3cnn(CC(=O)OC(C)C)c3)nc21)C(C)C. The smallest absolute Gasteiger partial charge is 0.328 e. The summed E-state index contributed by atoms with van der Waals surface area (Å²) in [7, 11) is 0. The van der Waals surface area contributed by atoms with Crippen LogP contribution in [0.25, 0.3) is 11.0 Å². The van der Waals surface area contributed by atoms with Crippen LogP contribution in [0.1, 0.15) is 41.0 Å². The van der Waals surface area contributed by atoms with Crippen LogP contribution in [0.5, 0.6) is 0 Å². The molecular formula is C21H30N6O2. The van der Waals surface area contributed by atoms with E-state index in [-0.39, 0.29) is 18.6 Å². The molecule has 0 unspecified atom stereocenters. The van der Waals surface area contributed by atoms with Gasteiger partial charge in [-0.2, -0.15) is 10.1 Å². The molecule has 0 bridgehead atoms. The Kier molecular flexibility index (Phi) is 6.51. The van der Waals surface area contributed by atoms with Gasteiger partial charge in [-0.3, -0.25) is 9.48 Å². The summed E-state index contributed by atoms with van der Waals surface area (Å²) < 4.78 is 8.87. The van der Waals surface area contributed by atoms with Crippen LogP contribution in [0.4, 0.5) is 11.6 Å². The second-order valence-electron chi connectivity index (χ2n) is 7.94. The zero-order chi connectivity index (χ0) is 21.0. The molecule has 156 valence electrons. The molecule has 3 aromatic rings. The summed E-state index contributed by atoms with van der Waals surface area (Å²) in [5.41, 5.74) is 1.63. The highest BCUT2D eigenvalue weighted by atomic mass is 16.5. The quantitative estimate of drug-likeness (QED) is 0.548. The third kappa shape index (κ3) is 5.34. The molecule has 8 heteroatoms. The topological polar surface area (TPSA) is 86.9 Å². The lowest BCUT2D eigenvalue weighted by molar-refractivity contribution is -0.148. The van der Waals surface area contributed by atoms with Gasteiger partial charge in [0, 0.05) is 30.5 Å². The summed E-state index contributed by atoms with van der Waals surface area (Å²) in [5, 5.41) is 8.37. The molecule has 0 saturated heterocycles. The van der Waals surface area contributed by atoms with Crippen molar-refractivity contribution in [2.75, 3.05) is 5.32 Å². The van der Waals surface area contributed by atoms with Gasteiger partial charge in [-0.25, -0.2) is 4.98 Å². The molecular weight excluding hydrogens is 368 g/mol. The number of carbonyl (C=O) groups excluding carboxylic acids is 1. The standard InChI is InChI=1S/C21H30N6O2/c1-6-16(14(2)3)11-26-8-7-17-9-22-21(25-20(17)26)24-18-10-23-27(12-18)13-19(28)29-15(4)5/h7-10,12,14-16H,6,11,13H2,1-5H3,(H,22,24,25)/t16-/m1/s1. The summed E-state index contributed by atoms with van der Waals surface area (Å²) in [4.78, 5) is 20.9. The molecule has 8 nitrogen and oxygen atoms in total. The fourth-order valence-corrected chi connectivity index (χ4v) is 3.32. The van der Waals surface area contributed by atoms with Crippen molar-refractivity contribution in [1.82, 2.24) is 24.3 Å². The van der Waals surface area contributed by atoms with Crippen LogP contribution in [0.15, 0.2) is 30.9 Å². The molecule has 0 radical (unpaired) electrons. The molecule has 0 aliphatic carbocycles. The Balaban J connectivity index is 1.72. The van der Waals surface area contributed by atoms with Gasteiger partial charge in [0.05, 0.1) is 18.0 Å². The van der Waals surface area contributed by atoms with Gasteiger partial charge in [-0.15, -0.1) is 0 Å². The summed E-state index contributed by atoms with van der Waals surface area (Å²) in [6.07, 6.45) is 8.26. The van der Waals surface area contributed by atoms with Crippen LogP contribution in [0, 0.1) is 11.8 Å². The molecule has 0 aliphatic heterocycles. The normalized spacial score (nSPS) is 12.7. The first-order valence-electron chi connectivity index (χ1n) is 10.2. The van der Waals surface area contributed by atoms with E-state index in [9.17, 15) is 4.79 Å². The lowest BCUT2D eigenvalue weighted by Crippen LogP contribution is -2.17. The molecule has 0 saturated carbocycles. The van der Waals surface area contributed by atoms with Gasteiger partial charge in [0.1, 0.15) is 12.2 Å². The number of carbonyl (C=O) groups is 1. The monoisotopic (exact) mass is 398 g/mol. The van der Waals surface area contributed by atoms with E-state index in [1.54, 1.807) is 12.4 Å². The third-order valence-corrected chi connectivity index (χ3v) is 4.95. The van der Waals surface area contributed by atoms with E-state index in [1.165, 1.54) is 4.68 Å². The Labute approximate surface area is 171 Å². The lowest BCUT2D eigenvalue weighted by atomic mass is 9.93. The van der Waals surface area contributed by atoms with E-state index in [2.05, 4.69) is 46.9 Å². The zero-order valence-electron chi connectivity index (χ0n) is 17.8. The van der Waals surface area contributed by atoms with Crippen molar-refractivity contribution >= 4 is 28.6 Å². The Morgan fingerprint density at radius 3 is 2.72 bits per heavy atom. The number of nitrogens with zero attached hydrogens (tertiary/aromatic N) is 5. The summed E-state index contributed by atoms with van der Waals surface area (Å²) in [5.74, 6) is 1.39. The number of hydrogen-bond donors (Lipinski definition) is 1. The van der Waals surface area contributed by atoms with Gasteiger partial charge in [0.15, 0.2) is 0 Å². The van der Waals surface area contributed by atoms with E-state index in [1.807, 2.05) is 26.1 Å². The van der Waals surface area contributed by atoms with Crippen molar-refractivity contribution in [3.05, 3.63) is 30.9 Å². The molecule has 1 N–H and O–H groups in total. The van der Waals surface area contributed by atoms with Gasteiger partial charge in [0.25, 0.3) is 0 Å². The first-order chi connectivity index (χ1) is 13.9. The fourth-order valence-electron chi connectivity index (χ4n) is 3.32. The highest BCUT2D eigenvalue weighted by molar-refractivity contribution is 5.76. The number of ether oxygens (including phenoxy) is 1. The van der Waals surface area contributed by atoms with E-state index in [0.29, 0.717) is 23.5 Å². The van der Waals surface area contributed by atoms with Crippen molar-refractivity contribution in [2.45, 2.75) is 60.2 Å². The Bertz CT molecular complexity index is 959. The van der Waals surface area contributed by atoms with Crippen molar-refractivity contribution < 1.29 is 9.53 Å². The van der Waals surface area contributed by atoms with E-state index in [0.717, 1.165) is 24.0 Å². The largest absolute Gasteiger partial charge is 0.462 e. The summed E-state index contributed by atoms with van der Waals surface area (Å²) in [6, 6.07) is 2.05. The molecule has 0 amide bonds. The minimum atomic E-state index is -0.319. The van der Waals surface area contributed by atoms with Crippen molar-refractivity contribution in [2.24, 2.45) is 11.8 Å². The van der Waals surface area contributed by atoms with E-state index < -0.39 is 0 Å². The summed E-state index contributed by atoms with van der Waals surface area (Å²) in [6.45, 7) is 11.4. The van der Waals surface area contributed by atoms with Crippen molar-refractivity contribution in [3.8, 4) is 0 Å². The highest BCUT2D eigenvalue weighted by Gasteiger charge is 2.14. The molecule has 3 heterocycles. The average molecular weight is 399 g/mol. The Morgan fingerprint density at radius 1 is 1.24 bits per heavy atom. The Morgan fingerprint density at radius 2 is 2.03 bits per heavy atom. The molecule has 29 heavy (non-hydrogen) atoms. The minimum absolute atomic E-state index is 0.0657. The second kappa shape index (κ2) is 9.07.